The highest BCUT2D eigenvalue weighted by Crippen LogP contribution is 2.34. The Bertz CT molecular complexity index is 680. The topological polar surface area (TPSA) is 59.0 Å². The molecule has 0 saturated heterocycles. The lowest BCUT2D eigenvalue weighted by molar-refractivity contribution is 0.473. The highest BCUT2D eigenvalue weighted by molar-refractivity contribution is 9.10. The van der Waals surface area contributed by atoms with E-state index in [-0.39, 0.29) is 10.2 Å². The molecule has 0 fully saturated rings. The quantitative estimate of drug-likeness (QED) is 0.846. The first-order valence-electron chi connectivity index (χ1n) is 5.45. The molecule has 96 valence electrons. The molecule has 0 heterocycles. The van der Waals surface area contributed by atoms with Gasteiger partial charge in [0.15, 0.2) is 5.75 Å². The predicted octanol–water partition coefficient (Wildman–Crippen LogP) is 4.14. The van der Waals surface area contributed by atoms with Crippen LogP contribution in [0.25, 0.3) is 0 Å². The molecule has 0 aliphatic carbocycles. The van der Waals surface area contributed by atoms with Gasteiger partial charge in [-0.3, -0.25) is 0 Å². The van der Waals surface area contributed by atoms with Crippen molar-refractivity contribution in [2.45, 2.75) is 6.92 Å². The Balaban J connectivity index is 2.48. The third-order valence-corrected chi connectivity index (χ3v) is 3.20. The van der Waals surface area contributed by atoms with Crippen LogP contribution in [0.1, 0.15) is 11.1 Å². The van der Waals surface area contributed by atoms with Crippen LogP contribution >= 0.6 is 15.9 Å². The molecule has 2 rings (SSSR count). The molecule has 0 amide bonds. The van der Waals surface area contributed by atoms with Crippen LogP contribution in [-0.4, -0.2) is 0 Å². The number of aryl methyl sites for hydroxylation is 1. The van der Waals surface area contributed by atoms with Gasteiger partial charge in [0.05, 0.1) is 15.7 Å². The Labute approximate surface area is 118 Å². The van der Waals surface area contributed by atoms with Crippen molar-refractivity contribution in [3.05, 3.63) is 51.7 Å². The molecule has 2 N–H and O–H groups in total. The van der Waals surface area contributed by atoms with Crippen molar-refractivity contribution in [3.8, 4) is 17.6 Å². The first kappa shape index (κ1) is 13.4. The molecule has 0 bridgehead atoms. The number of ether oxygens (including phenoxy) is 1. The molecular weight excluding hydrogens is 311 g/mol. The van der Waals surface area contributed by atoms with Gasteiger partial charge in [0.1, 0.15) is 17.6 Å². The number of nitriles is 1. The maximum Gasteiger partial charge on any atom is 0.153 e. The summed E-state index contributed by atoms with van der Waals surface area (Å²) in [6.45, 7) is 1.81. The molecule has 0 unspecified atom stereocenters. The number of hydrogen-bond acceptors (Lipinski definition) is 3. The summed E-state index contributed by atoms with van der Waals surface area (Å²) in [5, 5.41) is 9.05. The summed E-state index contributed by atoms with van der Waals surface area (Å²) in [4.78, 5) is 0. The SMILES string of the molecule is Cc1cccc(C#N)c1Oc1cc(F)c(Br)cc1N. The Hall–Kier alpha value is -2.06. The van der Waals surface area contributed by atoms with Crippen LogP contribution in [0.2, 0.25) is 0 Å². The van der Waals surface area contributed by atoms with Crippen LogP contribution in [0, 0.1) is 24.1 Å². The van der Waals surface area contributed by atoms with Crippen molar-refractivity contribution >= 4 is 21.6 Å². The lowest BCUT2D eigenvalue weighted by Crippen LogP contribution is -1.97. The van der Waals surface area contributed by atoms with E-state index >= 15 is 0 Å². The van der Waals surface area contributed by atoms with Crippen LogP contribution in [0.4, 0.5) is 10.1 Å². The van der Waals surface area contributed by atoms with E-state index in [1.54, 1.807) is 12.1 Å². The lowest BCUT2D eigenvalue weighted by atomic mass is 10.1. The molecule has 0 spiro atoms. The monoisotopic (exact) mass is 320 g/mol. The standard InChI is InChI=1S/C14H10BrFN2O/c1-8-3-2-4-9(7-17)14(8)19-13-6-11(16)10(15)5-12(13)18/h2-6H,18H2,1H3. The minimum atomic E-state index is -0.476. The molecule has 5 heteroatoms. The van der Waals surface area contributed by atoms with Gasteiger partial charge in [-0.05, 0) is 40.5 Å². The number of hydrogen-bond donors (Lipinski definition) is 1. The first-order chi connectivity index (χ1) is 9.02. The van der Waals surface area contributed by atoms with Crippen LogP contribution < -0.4 is 10.5 Å². The molecule has 0 aliphatic heterocycles. The molecule has 0 saturated carbocycles. The Morgan fingerprint density at radius 1 is 1.37 bits per heavy atom. The van der Waals surface area contributed by atoms with Gasteiger partial charge in [0.25, 0.3) is 0 Å². The van der Waals surface area contributed by atoms with E-state index in [4.69, 9.17) is 15.7 Å². The fourth-order valence-corrected chi connectivity index (χ4v) is 1.98. The van der Waals surface area contributed by atoms with Gasteiger partial charge in [-0.15, -0.1) is 0 Å². The highest BCUT2D eigenvalue weighted by Gasteiger charge is 2.12. The van der Waals surface area contributed by atoms with E-state index < -0.39 is 5.82 Å². The van der Waals surface area contributed by atoms with E-state index in [2.05, 4.69) is 15.9 Å². The molecule has 0 aromatic heterocycles. The van der Waals surface area contributed by atoms with E-state index in [9.17, 15) is 4.39 Å². The Morgan fingerprint density at radius 3 is 2.79 bits per heavy atom. The zero-order valence-corrected chi connectivity index (χ0v) is 11.7. The van der Waals surface area contributed by atoms with Gasteiger partial charge in [0, 0.05) is 6.07 Å². The Morgan fingerprint density at radius 2 is 2.11 bits per heavy atom. The van der Waals surface area contributed by atoms with Crippen molar-refractivity contribution < 1.29 is 9.13 Å². The number of rotatable bonds is 2. The van der Waals surface area contributed by atoms with Crippen LogP contribution in [-0.2, 0) is 0 Å². The third kappa shape index (κ3) is 2.69. The summed E-state index contributed by atoms with van der Waals surface area (Å²) < 4.78 is 19.4. The second-order valence-electron chi connectivity index (χ2n) is 3.97. The molecule has 3 nitrogen and oxygen atoms in total. The number of nitrogens with zero attached hydrogens (tertiary/aromatic N) is 1. The van der Waals surface area contributed by atoms with Crippen molar-refractivity contribution in [2.75, 3.05) is 5.73 Å². The van der Waals surface area contributed by atoms with Gasteiger partial charge in [-0.25, -0.2) is 4.39 Å². The maximum atomic E-state index is 13.5. The fourth-order valence-electron chi connectivity index (χ4n) is 1.62. The number of nitrogens with two attached hydrogens (primary N) is 1. The Kier molecular flexibility index (Phi) is 3.72. The molecule has 0 radical (unpaired) electrons. The summed E-state index contributed by atoms with van der Waals surface area (Å²) in [7, 11) is 0. The highest BCUT2D eigenvalue weighted by atomic mass is 79.9. The predicted molar refractivity (Wildman–Crippen MR) is 74.5 cm³/mol. The van der Waals surface area contributed by atoms with Crippen molar-refractivity contribution in [2.24, 2.45) is 0 Å². The van der Waals surface area contributed by atoms with E-state index in [1.165, 1.54) is 12.1 Å². The normalized spacial score (nSPS) is 10.0. The van der Waals surface area contributed by atoms with Gasteiger partial charge < -0.3 is 10.5 Å². The molecule has 2 aromatic rings. The van der Waals surface area contributed by atoms with Crippen LogP contribution in [0.3, 0.4) is 0 Å². The summed E-state index contributed by atoms with van der Waals surface area (Å²) in [6, 6.07) is 9.84. The summed E-state index contributed by atoms with van der Waals surface area (Å²) in [6.07, 6.45) is 0. The maximum absolute atomic E-state index is 13.5. The average Bonchev–Trinajstić information content (AvgIpc) is 2.38. The number of para-hydroxylation sites is 1. The van der Waals surface area contributed by atoms with Gasteiger partial charge in [-0.2, -0.15) is 5.26 Å². The van der Waals surface area contributed by atoms with E-state index in [1.807, 2.05) is 19.1 Å². The van der Waals surface area contributed by atoms with Gasteiger partial charge >= 0.3 is 0 Å². The number of halogens is 2. The van der Waals surface area contributed by atoms with Crippen molar-refractivity contribution in [1.29, 1.82) is 5.26 Å². The van der Waals surface area contributed by atoms with Crippen LogP contribution in [0.15, 0.2) is 34.8 Å². The molecule has 0 aliphatic rings. The van der Waals surface area contributed by atoms with Gasteiger partial charge in [-0.1, -0.05) is 12.1 Å². The minimum Gasteiger partial charge on any atom is -0.453 e. The third-order valence-electron chi connectivity index (χ3n) is 2.60. The number of nitrogen functional groups attached to an aromatic ring is 1. The largest absolute Gasteiger partial charge is 0.453 e. The second kappa shape index (κ2) is 5.29. The summed E-state index contributed by atoms with van der Waals surface area (Å²) in [5.41, 5.74) is 7.22. The zero-order chi connectivity index (χ0) is 14.0. The van der Waals surface area contributed by atoms with Crippen LogP contribution in [0.5, 0.6) is 11.5 Å². The van der Waals surface area contributed by atoms with E-state index in [0.717, 1.165) is 5.56 Å². The molecular formula is C14H10BrFN2O. The summed E-state index contributed by atoms with van der Waals surface area (Å²) >= 11 is 3.05. The van der Waals surface area contributed by atoms with E-state index in [0.29, 0.717) is 17.0 Å². The lowest BCUT2D eigenvalue weighted by Gasteiger charge is -2.12. The minimum absolute atomic E-state index is 0.187. The van der Waals surface area contributed by atoms with Gasteiger partial charge in [0.2, 0.25) is 0 Å². The molecule has 0 atom stereocenters. The smallest absolute Gasteiger partial charge is 0.153 e. The average molecular weight is 321 g/mol. The van der Waals surface area contributed by atoms with Crippen molar-refractivity contribution in [1.82, 2.24) is 0 Å². The zero-order valence-electron chi connectivity index (χ0n) is 10.1. The van der Waals surface area contributed by atoms with Crippen molar-refractivity contribution in [3.63, 3.8) is 0 Å². The second-order valence-corrected chi connectivity index (χ2v) is 4.82. The number of benzene rings is 2. The summed E-state index contributed by atoms with van der Waals surface area (Å²) in [5.74, 6) is 0.0983. The molecule has 2 aromatic carbocycles. The number of anilines is 1. The molecule has 19 heavy (non-hydrogen) atoms. The first-order valence-corrected chi connectivity index (χ1v) is 6.24. The fraction of sp³-hybridized carbons (Fsp3) is 0.0714.